The summed E-state index contributed by atoms with van der Waals surface area (Å²) in [5.41, 5.74) is 6.35. The zero-order valence-electron chi connectivity index (χ0n) is 13.6. The van der Waals surface area contributed by atoms with Crippen LogP contribution in [0.15, 0.2) is 18.2 Å². The fourth-order valence-electron chi connectivity index (χ4n) is 2.47. The molecule has 2 aliphatic rings. The molecule has 1 fully saturated rings. The van der Waals surface area contributed by atoms with Crippen molar-refractivity contribution < 1.29 is 23.8 Å². The van der Waals surface area contributed by atoms with Crippen molar-refractivity contribution >= 4 is 17.7 Å². The minimum absolute atomic E-state index is 0.142. The third-order valence-corrected chi connectivity index (χ3v) is 4.05. The highest BCUT2D eigenvalue weighted by Gasteiger charge is 2.27. The highest BCUT2D eigenvalue weighted by Crippen LogP contribution is 2.33. The van der Waals surface area contributed by atoms with Crippen LogP contribution in [-0.2, 0) is 9.53 Å². The molecule has 1 aromatic rings. The van der Waals surface area contributed by atoms with Gasteiger partial charge in [-0.3, -0.25) is 4.79 Å². The van der Waals surface area contributed by atoms with Crippen molar-refractivity contribution in [3.8, 4) is 11.5 Å². The average Bonchev–Trinajstić information content (AvgIpc) is 2.63. The number of nitrogens with zero attached hydrogens (tertiary/aromatic N) is 2. The molecule has 2 heterocycles. The lowest BCUT2D eigenvalue weighted by molar-refractivity contribution is -0.119. The number of hydrogen-bond donors (Lipinski definition) is 1. The van der Waals surface area contributed by atoms with Crippen LogP contribution in [-0.4, -0.2) is 62.9 Å². The number of rotatable bonds is 4. The SMILES string of the molecule is CN1C(=O)[C@@H](N)COc2ccc(OCCOC(=O)N3CCC3)cc21. The van der Waals surface area contributed by atoms with E-state index >= 15 is 0 Å². The van der Waals surface area contributed by atoms with Crippen LogP contribution in [0, 0.1) is 0 Å². The minimum Gasteiger partial charge on any atom is -0.490 e. The van der Waals surface area contributed by atoms with Crippen molar-refractivity contribution in [3.63, 3.8) is 0 Å². The number of nitrogens with two attached hydrogens (primary N) is 1. The van der Waals surface area contributed by atoms with Gasteiger partial charge >= 0.3 is 6.09 Å². The highest BCUT2D eigenvalue weighted by molar-refractivity contribution is 5.98. The first-order valence-electron chi connectivity index (χ1n) is 7.91. The summed E-state index contributed by atoms with van der Waals surface area (Å²) in [4.78, 5) is 26.7. The summed E-state index contributed by atoms with van der Waals surface area (Å²) in [5.74, 6) is 0.928. The molecule has 0 aliphatic carbocycles. The van der Waals surface area contributed by atoms with Crippen molar-refractivity contribution in [2.45, 2.75) is 12.5 Å². The second-order valence-electron chi connectivity index (χ2n) is 5.75. The molecule has 1 aromatic carbocycles. The van der Waals surface area contributed by atoms with Crippen LogP contribution in [0.25, 0.3) is 0 Å². The molecule has 1 atom stereocenters. The number of likely N-dealkylation sites (N-methyl/N-ethyl adjacent to an activating group) is 1. The maximum Gasteiger partial charge on any atom is 0.409 e. The van der Waals surface area contributed by atoms with Gasteiger partial charge in [-0.1, -0.05) is 0 Å². The number of carbonyl (C=O) groups is 2. The van der Waals surface area contributed by atoms with Crippen molar-refractivity contribution in [2.75, 3.05) is 44.9 Å². The number of carbonyl (C=O) groups excluding carboxylic acids is 2. The Morgan fingerprint density at radius 3 is 2.88 bits per heavy atom. The highest BCUT2D eigenvalue weighted by atomic mass is 16.6. The lowest BCUT2D eigenvalue weighted by Crippen LogP contribution is -2.43. The van der Waals surface area contributed by atoms with Crippen LogP contribution < -0.4 is 20.1 Å². The van der Waals surface area contributed by atoms with Crippen molar-refractivity contribution in [2.24, 2.45) is 5.73 Å². The number of benzene rings is 1. The summed E-state index contributed by atoms with van der Waals surface area (Å²) in [6.45, 7) is 2.06. The van der Waals surface area contributed by atoms with E-state index in [1.807, 2.05) is 0 Å². The van der Waals surface area contributed by atoms with Gasteiger partial charge in [0.15, 0.2) is 0 Å². The molecular weight excluding hydrogens is 314 g/mol. The molecule has 0 radical (unpaired) electrons. The van der Waals surface area contributed by atoms with Gasteiger partial charge in [-0.05, 0) is 18.6 Å². The Morgan fingerprint density at radius 1 is 1.38 bits per heavy atom. The van der Waals surface area contributed by atoms with Crippen LogP contribution >= 0.6 is 0 Å². The van der Waals surface area contributed by atoms with Crippen molar-refractivity contribution in [1.29, 1.82) is 0 Å². The summed E-state index contributed by atoms with van der Waals surface area (Å²) < 4.78 is 16.2. The number of anilines is 1. The van der Waals surface area contributed by atoms with Gasteiger partial charge in [0, 0.05) is 26.2 Å². The third-order valence-electron chi connectivity index (χ3n) is 4.05. The maximum absolute atomic E-state index is 12.1. The lowest BCUT2D eigenvalue weighted by Gasteiger charge is -2.29. The molecule has 0 unspecified atom stereocenters. The topological polar surface area (TPSA) is 94.3 Å². The van der Waals surface area contributed by atoms with E-state index in [0.717, 1.165) is 19.5 Å². The molecule has 0 spiro atoms. The number of likely N-dealkylation sites (tertiary alicyclic amines) is 1. The standard InChI is InChI=1S/C16H21N3O5/c1-18-13-9-11(3-4-14(13)24-10-12(17)15(18)20)22-7-8-23-16(21)19-5-2-6-19/h3-4,9,12H,2,5-8,10,17H2,1H3/t12-/m0/s1. The Kier molecular flexibility index (Phi) is 4.75. The number of hydrogen-bond acceptors (Lipinski definition) is 6. The van der Waals surface area contributed by atoms with E-state index in [1.165, 1.54) is 4.90 Å². The number of ether oxygens (including phenoxy) is 3. The average molecular weight is 335 g/mol. The fourth-order valence-corrected chi connectivity index (χ4v) is 2.47. The summed E-state index contributed by atoms with van der Waals surface area (Å²) >= 11 is 0. The number of amides is 2. The first-order valence-corrected chi connectivity index (χ1v) is 7.91. The Hall–Kier alpha value is -2.48. The smallest absolute Gasteiger partial charge is 0.409 e. The van der Waals surface area contributed by atoms with Crippen molar-refractivity contribution in [1.82, 2.24) is 4.90 Å². The van der Waals surface area contributed by atoms with Gasteiger partial charge in [0.25, 0.3) is 0 Å². The van der Waals surface area contributed by atoms with Crippen LogP contribution in [0.2, 0.25) is 0 Å². The molecule has 2 N–H and O–H groups in total. The van der Waals surface area contributed by atoms with Crippen LogP contribution in [0.5, 0.6) is 11.5 Å². The molecule has 2 aliphatic heterocycles. The first-order chi connectivity index (χ1) is 11.6. The van der Waals surface area contributed by atoms with Gasteiger partial charge in [0.2, 0.25) is 5.91 Å². The Labute approximate surface area is 140 Å². The minimum atomic E-state index is -0.687. The summed E-state index contributed by atoms with van der Waals surface area (Å²) in [6.07, 6.45) is 0.720. The Bertz CT molecular complexity index is 632. The molecule has 0 aromatic heterocycles. The van der Waals surface area contributed by atoms with Crippen LogP contribution in [0.3, 0.4) is 0 Å². The van der Waals surface area contributed by atoms with E-state index in [4.69, 9.17) is 19.9 Å². The van der Waals surface area contributed by atoms with Gasteiger partial charge < -0.3 is 29.7 Å². The summed E-state index contributed by atoms with van der Waals surface area (Å²) in [6, 6.07) is 4.50. The molecule has 1 saturated heterocycles. The monoisotopic (exact) mass is 335 g/mol. The zero-order valence-corrected chi connectivity index (χ0v) is 13.6. The van der Waals surface area contributed by atoms with Crippen LogP contribution in [0.1, 0.15) is 6.42 Å². The van der Waals surface area contributed by atoms with Gasteiger partial charge in [0.1, 0.15) is 37.4 Å². The molecule has 130 valence electrons. The van der Waals surface area contributed by atoms with E-state index in [9.17, 15) is 9.59 Å². The Morgan fingerprint density at radius 2 is 2.17 bits per heavy atom. The van der Waals surface area contributed by atoms with E-state index in [2.05, 4.69) is 0 Å². The van der Waals surface area contributed by atoms with Gasteiger partial charge in [-0.15, -0.1) is 0 Å². The fraction of sp³-hybridized carbons (Fsp3) is 0.500. The predicted octanol–water partition coefficient (Wildman–Crippen LogP) is 0.590. The van der Waals surface area contributed by atoms with Crippen molar-refractivity contribution in [3.05, 3.63) is 18.2 Å². The number of fused-ring (bicyclic) bond motifs is 1. The third kappa shape index (κ3) is 3.38. The molecule has 8 nitrogen and oxygen atoms in total. The molecule has 3 rings (SSSR count). The molecule has 2 amide bonds. The molecule has 8 heteroatoms. The van der Waals surface area contributed by atoms with Crippen LogP contribution in [0.4, 0.5) is 10.5 Å². The van der Waals surface area contributed by atoms with Gasteiger partial charge in [-0.2, -0.15) is 0 Å². The quantitative estimate of drug-likeness (QED) is 0.810. The molecule has 0 saturated carbocycles. The van der Waals surface area contributed by atoms with E-state index in [0.29, 0.717) is 17.2 Å². The first kappa shape index (κ1) is 16.4. The molecular formula is C16H21N3O5. The van der Waals surface area contributed by atoms with Gasteiger partial charge in [0.05, 0.1) is 5.69 Å². The van der Waals surface area contributed by atoms with E-state index in [1.54, 1.807) is 30.1 Å². The second-order valence-corrected chi connectivity index (χ2v) is 5.75. The Balaban J connectivity index is 1.55. The van der Waals surface area contributed by atoms with E-state index < -0.39 is 6.04 Å². The summed E-state index contributed by atoms with van der Waals surface area (Å²) in [7, 11) is 1.65. The predicted molar refractivity (Wildman–Crippen MR) is 86.4 cm³/mol. The maximum atomic E-state index is 12.1. The van der Waals surface area contributed by atoms with E-state index in [-0.39, 0.29) is 31.8 Å². The molecule has 0 bridgehead atoms. The van der Waals surface area contributed by atoms with Gasteiger partial charge in [-0.25, -0.2) is 4.79 Å². The molecule has 24 heavy (non-hydrogen) atoms. The second kappa shape index (κ2) is 6.96. The normalized spacial score (nSPS) is 19.8. The lowest BCUT2D eigenvalue weighted by atomic mass is 10.2. The largest absolute Gasteiger partial charge is 0.490 e. The summed E-state index contributed by atoms with van der Waals surface area (Å²) in [5, 5.41) is 0. The zero-order chi connectivity index (χ0) is 17.1.